The number of ether oxygens (including phenoxy) is 1. The van der Waals surface area contributed by atoms with Crippen LogP contribution in [0.4, 0.5) is 0 Å². The molecular weight excluding hydrogens is 262 g/mol. The Balaban J connectivity index is 3.27. The minimum atomic E-state index is -0.657. The van der Waals surface area contributed by atoms with Crippen molar-refractivity contribution in [2.45, 2.75) is 13.0 Å². The van der Waals surface area contributed by atoms with Crippen LogP contribution in [0.15, 0.2) is 16.6 Å². The van der Waals surface area contributed by atoms with Crippen LogP contribution in [0.2, 0.25) is 0 Å². The molecule has 5 heteroatoms. The molecule has 0 aliphatic carbocycles. The zero-order valence-corrected chi connectivity index (χ0v) is 10.0. The molecule has 0 aromatic heterocycles. The van der Waals surface area contributed by atoms with Crippen LogP contribution in [0.5, 0.6) is 11.5 Å². The van der Waals surface area contributed by atoms with E-state index in [1.54, 1.807) is 13.0 Å². The first-order valence-electron chi connectivity index (χ1n) is 4.33. The van der Waals surface area contributed by atoms with Crippen LogP contribution in [0.1, 0.15) is 17.3 Å². The van der Waals surface area contributed by atoms with Crippen LogP contribution < -0.4 is 10.5 Å². The Morgan fingerprint density at radius 2 is 2.20 bits per heavy atom. The number of aromatic hydroxyl groups is 1. The van der Waals surface area contributed by atoms with E-state index in [2.05, 4.69) is 15.9 Å². The maximum atomic E-state index is 11.6. The third-order valence-electron chi connectivity index (χ3n) is 1.95. The van der Waals surface area contributed by atoms with Crippen LogP contribution in [0, 0.1) is 0 Å². The van der Waals surface area contributed by atoms with Crippen LogP contribution in [0.3, 0.4) is 0 Å². The first-order valence-corrected chi connectivity index (χ1v) is 5.13. The predicted octanol–water partition coefficient (Wildman–Crippen LogP) is 1.69. The number of carbonyl (C=O) groups excluding carboxylic acids is 1. The number of halogens is 1. The maximum Gasteiger partial charge on any atom is 0.183 e. The summed E-state index contributed by atoms with van der Waals surface area (Å²) in [5.41, 5.74) is 5.62. The number of methoxy groups -OCH3 is 1. The number of phenolic OH excluding ortho intramolecular Hbond substituents is 1. The van der Waals surface area contributed by atoms with Crippen molar-refractivity contribution in [3.63, 3.8) is 0 Å². The van der Waals surface area contributed by atoms with E-state index in [0.29, 0.717) is 10.2 Å². The number of phenols is 1. The highest BCUT2D eigenvalue weighted by Gasteiger charge is 2.18. The largest absolute Gasteiger partial charge is 0.506 e. The lowest BCUT2D eigenvalue weighted by molar-refractivity contribution is 0.0965. The molecule has 0 spiro atoms. The lowest BCUT2D eigenvalue weighted by atomic mass is 10.0. The SMILES string of the molecule is COc1cc(Br)c(O)c(C(=O)C(C)N)c1. The third-order valence-corrected chi connectivity index (χ3v) is 2.56. The molecule has 3 N–H and O–H groups in total. The number of carbonyl (C=O) groups is 1. The normalized spacial score (nSPS) is 12.3. The van der Waals surface area contributed by atoms with Crippen molar-refractivity contribution in [3.05, 3.63) is 22.2 Å². The second kappa shape index (κ2) is 4.63. The Kier molecular flexibility index (Phi) is 3.71. The fourth-order valence-corrected chi connectivity index (χ4v) is 1.56. The van der Waals surface area contributed by atoms with E-state index in [4.69, 9.17) is 10.5 Å². The Bertz CT molecular complexity index is 390. The number of hydrogen-bond acceptors (Lipinski definition) is 4. The van der Waals surface area contributed by atoms with Gasteiger partial charge in [0.25, 0.3) is 0 Å². The standard InChI is InChI=1S/C10H12BrNO3/c1-5(12)9(13)7-3-6(15-2)4-8(11)10(7)14/h3-5,14H,12H2,1-2H3. The Morgan fingerprint density at radius 3 is 2.67 bits per heavy atom. The van der Waals surface area contributed by atoms with Crippen molar-refractivity contribution in [2.24, 2.45) is 5.73 Å². The number of benzene rings is 1. The quantitative estimate of drug-likeness (QED) is 0.823. The number of hydrogen-bond donors (Lipinski definition) is 2. The molecule has 1 unspecified atom stereocenters. The van der Waals surface area contributed by atoms with Gasteiger partial charge in [0.2, 0.25) is 0 Å². The zero-order chi connectivity index (χ0) is 11.6. The van der Waals surface area contributed by atoms with Crippen molar-refractivity contribution >= 4 is 21.7 Å². The van der Waals surface area contributed by atoms with Gasteiger partial charge in [-0.2, -0.15) is 0 Å². The molecule has 1 atom stereocenters. The van der Waals surface area contributed by atoms with Crippen molar-refractivity contribution in [2.75, 3.05) is 7.11 Å². The van der Waals surface area contributed by atoms with E-state index in [1.807, 2.05) is 0 Å². The maximum absolute atomic E-state index is 11.6. The van der Waals surface area contributed by atoms with Crippen molar-refractivity contribution in [1.29, 1.82) is 0 Å². The Morgan fingerprint density at radius 1 is 1.60 bits per heavy atom. The number of rotatable bonds is 3. The highest BCUT2D eigenvalue weighted by Crippen LogP contribution is 2.33. The van der Waals surface area contributed by atoms with E-state index >= 15 is 0 Å². The summed E-state index contributed by atoms with van der Waals surface area (Å²) in [7, 11) is 1.49. The van der Waals surface area contributed by atoms with Gasteiger partial charge in [-0.05, 0) is 35.0 Å². The number of Topliss-reactive ketones (excluding diaryl/α,β-unsaturated/α-hetero) is 1. The molecule has 0 aliphatic heterocycles. The summed E-state index contributed by atoms with van der Waals surface area (Å²) in [6.45, 7) is 1.56. The summed E-state index contributed by atoms with van der Waals surface area (Å²) < 4.78 is 5.39. The molecule has 15 heavy (non-hydrogen) atoms. The van der Waals surface area contributed by atoms with E-state index in [9.17, 15) is 9.90 Å². The average molecular weight is 274 g/mol. The van der Waals surface area contributed by atoms with Crippen LogP contribution in [-0.2, 0) is 0 Å². The third kappa shape index (κ3) is 2.49. The highest BCUT2D eigenvalue weighted by molar-refractivity contribution is 9.10. The average Bonchev–Trinajstić information content (AvgIpc) is 2.20. The summed E-state index contributed by atoms with van der Waals surface area (Å²) >= 11 is 3.13. The van der Waals surface area contributed by atoms with Gasteiger partial charge in [0, 0.05) is 0 Å². The van der Waals surface area contributed by atoms with E-state index in [0.717, 1.165) is 0 Å². The van der Waals surface area contributed by atoms with Gasteiger partial charge in [-0.15, -0.1) is 0 Å². The fourth-order valence-electron chi connectivity index (χ4n) is 1.13. The highest BCUT2D eigenvalue weighted by atomic mass is 79.9. The van der Waals surface area contributed by atoms with E-state index in [-0.39, 0.29) is 17.1 Å². The molecular formula is C10H12BrNO3. The zero-order valence-electron chi connectivity index (χ0n) is 8.45. The fraction of sp³-hybridized carbons (Fsp3) is 0.300. The van der Waals surface area contributed by atoms with Gasteiger partial charge in [-0.1, -0.05) is 0 Å². The van der Waals surface area contributed by atoms with Crippen molar-refractivity contribution in [1.82, 2.24) is 0 Å². The van der Waals surface area contributed by atoms with Gasteiger partial charge in [0.05, 0.1) is 23.2 Å². The molecule has 82 valence electrons. The molecule has 1 aromatic carbocycles. The molecule has 1 aromatic rings. The second-order valence-electron chi connectivity index (χ2n) is 3.16. The summed E-state index contributed by atoms with van der Waals surface area (Å²) in [5, 5.41) is 9.66. The van der Waals surface area contributed by atoms with Gasteiger partial charge in [-0.3, -0.25) is 4.79 Å². The molecule has 0 fully saturated rings. The summed E-state index contributed by atoms with van der Waals surface area (Å²) in [6, 6.07) is 2.38. The first-order chi connectivity index (χ1) is 6.97. The molecule has 0 radical (unpaired) electrons. The first kappa shape index (κ1) is 12.0. The number of ketones is 1. The van der Waals surface area contributed by atoms with E-state index in [1.165, 1.54) is 13.2 Å². The van der Waals surface area contributed by atoms with Gasteiger partial charge in [-0.25, -0.2) is 0 Å². The molecule has 0 bridgehead atoms. The molecule has 1 rings (SSSR count). The molecule has 0 saturated carbocycles. The summed E-state index contributed by atoms with van der Waals surface area (Å²) in [6.07, 6.45) is 0. The van der Waals surface area contributed by atoms with Crippen LogP contribution in [-0.4, -0.2) is 24.0 Å². The number of nitrogens with two attached hydrogens (primary N) is 1. The van der Waals surface area contributed by atoms with Crippen molar-refractivity contribution < 1.29 is 14.6 Å². The Hall–Kier alpha value is -1.07. The van der Waals surface area contributed by atoms with E-state index < -0.39 is 6.04 Å². The van der Waals surface area contributed by atoms with Gasteiger partial charge in [0.15, 0.2) is 5.78 Å². The predicted molar refractivity (Wildman–Crippen MR) is 60.3 cm³/mol. The minimum Gasteiger partial charge on any atom is -0.506 e. The molecule has 0 heterocycles. The second-order valence-corrected chi connectivity index (χ2v) is 4.01. The molecule has 4 nitrogen and oxygen atoms in total. The molecule has 0 aliphatic rings. The lowest BCUT2D eigenvalue weighted by Gasteiger charge is -2.10. The lowest BCUT2D eigenvalue weighted by Crippen LogP contribution is -2.26. The van der Waals surface area contributed by atoms with Crippen LogP contribution >= 0.6 is 15.9 Å². The molecule has 0 saturated heterocycles. The monoisotopic (exact) mass is 273 g/mol. The van der Waals surface area contributed by atoms with Gasteiger partial charge >= 0.3 is 0 Å². The van der Waals surface area contributed by atoms with Gasteiger partial charge in [0.1, 0.15) is 11.5 Å². The Labute approximate surface area is 96.2 Å². The van der Waals surface area contributed by atoms with Crippen molar-refractivity contribution in [3.8, 4) is 11.5 Å². The van der Waals surface area contributed by atoms with Gasteiger partial charge < -0.3 is 15.6 Å². The molecule has 0 amide bonds. The summed E-state index contributed by atoms with van der Waals surface area (Å²) in [5.74, 6) is 0.0499. The summed E-state index contributed by atoms with van der Waals surface area (Å²) in [4.78, 5) is 11.6. The minimum absolute atomic E-state index is 0.113. The smallest absolute Gasteiger partial charge is 0.183 e. The van der Waals surface area contributed by atoms with Crippen LogP contribution in [0.25, 0.3) is 0 Å². The topological polar surface area (TPSA) is 72.5 Å².